The van der Waals surface area contributed by atoms with Crippen molar-refractivity contribution in [3.05, 3.63) is 11.6 Å². The van der Waals surface area contributed by atoms with Crippen LogP contribution in [-0.2, 0) is 0 Å². The van der Waals surface area contributed by atoms with Gasteiger partial charge in [-0.3, -0.25) is 0 Å². The van der Waals surface area contributed by atoms with Crippen molar-refractivity contribution in [2.45, 2.75) is 52.8 Å². The molecule has 0 saturated heterocycles. The molecule has 0 aromatic rings. The van der Waals surface area contributed by atoms with E-state index in [-0.39, 0.29) is 10.3 Å². The molecule has 0 aromatic carbocycles. The number of alkyl halides is 1. The molecule has 0 heterocycles. The highest BCUT2D eigenvalue weighted by atomic mass is 35.5. The van der Waals surface area contributed by atoms with E-state index in [0.29, 0.717) is 0 Å². The van der Waals surface area contributed by atoms with Crippen LogP contribution in [0.1, 0.15) is 48.0 Å². The van der Waals surface area contributed by atoms with Crippen LogP contribution in [0.25, 0.3) is 0 Å². The van der Waals surface area contributed by atoms with Gasteiger partial charge in [-0.1, -0.05) is 25.5 Å². The Morgan fingerprint density at radius 1 is 1.25 bits per heavy atom. The van der Waals surface area contributed by atoms with Gasteiger partial charge >= 0.3 is 0 Å². The molecule has 72 valence electrons. The Kier molecular flexibility index (Phi) is 3.84. The van der Waals surface area contributed by atoms with Crippen molar-refractivity contribution in [1.29, 1.82) is 0 Å². The van der Waals surface area contributed by atoms with Crippen LogP contribution >= 0.6 is 11.6 Å². The Hall–Kier alpha value is 0.0300. The summed E-state index contributed by atoms with van der Waals surface area (Å²) in [5.41, 5.74) is 1.57. The number of allylic oxidation sites excluding steroid dienone is 2. The van der Waals surface area contributed by atoms with Gasteiger partial charge in [-0.05, 0) is 39.5 Å². The average Bonchev–Trinajstić information content (AvgIpc) is 1.84. The first-order chi connectivity index (χ1) is 5.20. The van der Waals surface area contributed by atoms with Gasteiger partial charge in [0.05, 0.1) is 0 Å². The smallest absolute Gasteiger partial charge is 0.0444 e. The van der Waals surface area contributed by atoms with E-state index < -0.39 is 0 Å². The Morgan fingerprint density at radius 2 is 1.67 bits per heavy atom. The lowest BCUT2D eigenvalue weighted by atomic mass is 9.75. The first-order valence-electron chi connectivity index (χ1n) is 4.51. The number of hydrogen-bond donors (Lipinski definition) is 0. The minimum atomic E-state index is -0.142. The van der Waals surface area contributed by atoms with Gasteiger partial charge in [0.1, 0.15) is 0 Å². The molecule has 1 heteroatoms. The van der Waals surface area contributed by atoms with Crippen LogP contribution in [0.3, 0.4) is 0 Å². The second kappa shape index (κ2) is 3.83. The molecule has 0 N–H and O–H groups in total. The van der Waals surface area contributed by atoms with Crippen LogP contribution in [0.4, 0.5) is 0 Å². The Morgan fingerprint density at radius 3 is 1.92 bits per heavy atom. The van der Waals surface area contributed by atoms with Crippen molar-refractivity contribution in [2.75, 3.05) is 0 Å². The van der Waals surface area contributed by atoms with E-state index in [9.17, 15) is 0 Å². The van der Waals surface area contributed by atoms with Gasteiger partial charge in [0.15, 0.2) is 0 Å². The summed E-state index contributed by atoms with van der Waals surface area (Å²) >= 11 is 6.30. The predicted molar refractivity (Wildman–Crippen MR) is 57.8 cm³/mol. The number of hydrogen-bond acceptors (Lipinski definition) is 0. The Balaban J connectivity index is 4.44. The maximum atomic E-state index is 6.30. The summed E-state index contributed by atoms with van der Waals surface area (Å²) in [5.74, 6) is 0. The predicted octanol–water partition coefficient (Wildman–Crippen LogP) is 4.39. The molecule has 0 unspecified atom stereocenters. The normalized spacial score (nSPS) is 15.1. The first kappa shape index (κ1) is 12.0. The topological polar surface area (TPSA) is 0 Å². The molecule has 0 rings (SSSR count). The monoisotopic (exact) mass is 188 g/mol. The minimum absolute atomic E-state index is 0.142. The molecular formula is C11H21Cl. The Labute approximate surface area is 82.0 Å². The molecule has 0 aliphatic rings. The molecule has 0 fully saturated rings. The van der Waals surface area contributed by atoms with E-state index in [1.807, 2.05) is 0 Å². The molecule has 0 nitrogen and oxygen atoms in total. The van der Waals surface area contributed by atoms with Gasteiger partial charge < -0.3 is 0 Å². The first-order valence-corrected chi connectivity index (χ1v) is 4.89. The quantitative estimate of drug-likeness (QED) is 0.456. The van der Waals surface area contributed by atoms with E-state index in [2.05, 4.69) is 47.6 Å². The van der Waals surface area contributed by atoms with Gasteiger partial charge in [-0.2, -0.15) is 0 Å². The highest BCUT2D eigenvalue weighted by Gasteiger charge is 2.34. The molecule has 0 radical (unpaired) electrons. The third-order valence-corrected chi connectivity index (χ3v) is 3.33. The highest BCUT2D eigenvalue weighted by molar-refractivity contribution is 6.23. The second-order valence-electron chi connectivity index (χ2n) is 4.67. The lowest BCUT2D eigenvalue weighted by molar-refractivity contribution is 0.274. The Bertz CT molecular complexity index is 170. The molecular weight excluding hydrogens is 168 g/mol. The third-order valence-electron chi connectivity index (χ3n) is 2.82. The van der Waals surface area contributed by atoms with Gasteiger partial charge in [0.25, 0.3) is 0 Å². The minimum Gasteiger partial charge on any atom is -0.119 e. The van der Waals surface area contributed by atoms with Crippen molar-refractivity contribution in [2.24, 2.45) is 5.41 Å². The van der Waals surface area contributed by atoms with Crippen molar-refractivity contribution in [1.82, 2.24) is 0 Å². The van der Waals surface area contributed by atoms with Crippen LogP contribution in [0.5, 0.6) is 0 Å². The zero-order chi connectivity index (χ0) is 9.99. The van der Waals surface area contributed by atoms with E-state index in [0.717, 1.165) is 6.42 Å². The second-order valence-corrected chi connectivity index (χ2v) is 5.61. The van der Waals surface area contributed by atoms with Gasteiger partial charge in [0.2, 0.25) is 0 Å². The summed E-state index contributed by atoms with van der Waals surface area (Å²) in [5, 5.41) is 0. The van der Waals surface area contributed by atoms with Crippen molar-refractivity contribution >= 4 is 11.6 Å². The SMILES string of the molecule is C/C=C(\C)CC(C)(C)C(C)(C)Cl. The maximum absolute atomic E-state index is 6.30. The fourth-order valence-corrected chi connectivity index (χ4v) is 1.08. The van der Waals surface area contributed by atoms with E-state index >= 15 is 0 Å². The zero-order valence-corrected chi connectivity index (χ0v) is 9.92. The zero-order valence-electron chi connectivity index (χ0n) is 9.16. The molecule has 0 aliphatic heterocycles. The third kappa shape index (κ3) is 3.18. The lowest BCUT2D eigenvalue weighted by Crippen LogP contribution is -2.33. The summed E-state index contributed by atoms with van der Waals surface area (Å²) in [4.78, 5) is -0.142. The fourth-order valence-electron chi connectivity index (χ4n) is 1.01. The average molecular weight is 189 g/mol. The van der Waals surface area contributed by atoms with Crippen molar-refractivity contribution < 1.29 is 0 Å². The molecule has 0 atom stereocenters. The van der Waals surface area contributed by atoms with E-state index in [1.54, 1.807) is 0 Å². The largest absolute Gasteiger partial charge is 0.119 e. The molecule has 0 amide bonds. The van der Waals surface area contributed by atoms with E-state index in [4.69, 9.17) is 11.6 Å². The van der Waals surface area contributed by atoms with Crippen molar-refractivity contribution in [3.8, 4) is 0 Å². The summed E-state index contributed by atoms with van der Waals surface area (Å²) in [6.07, 6.45) is 3.23. The standard InChI is InChI=1S/C11H21Cl/c1-7-9(2)8-10(3,4)11(5,6)12/h7H,8H2,1-6H3/b9-7+. The number of rotatable bonds is 3. The summed E-state index contributed by atoms with van der Waals surface area (Å²) in [7, 11) is 0. The highest BCUT2D eigenvalue weighted by Crippen LogP contribution is 2.40. The molecule has 12 heavy (non-hydrogen) atoms. The summed E-state index contributed by atoms with van der Waals surface area (Å²) < 4.78 is 0. The molecule has 0 saturated carbocycles. The fraction of sp³-hybridized carbons (Fsp3) is 0.818. The molecule has 0 aliphatic carbocycles. The maximum Gasteiger partial charge on any atom is 0.0444 e. The van der Waals surface area contributed by atoms with Crippen LogP contribution in [0.2, 0.25) is 0 Å². The van der Waals surface area contributed by atoms with Gasteiger partial charge in [-0.15, -0.1) is 11.6 Å². The van der Waals surface area contributed by atoms with E-state index in [1.165, 1.54) is 5.57 Å². The molecule has 0 aromatic heterocycles. The van der Waals surface area contributed by atoms with Crippen molar-refractivity contribution in [3.63, 3.8) is 0 Å². The van der Waals surface area contributed by atoms with Crippen LogP contribution in [0, 0.1) is 5.41 Å². The van der Waals surface area contributed by atoms with Crippen LogP contribution in [0.15, 0.2) is 11.6 Å². The lowest BCUT2D eigenvalue weighted by Gasteiger charge is -2.37. The number of halogens is 1. The summed E-state index contributed by atoms with van der Waals surface area (Å²) in [6.45, 7) is 12.8. The van der Waals surface area contributed by atoms with Gasteiger partial charge in [-0.25, -0.2) is 0 Å². The van der Waals surface area contributed by atoms with Crippen LogP contribution < -0.4 is 0 Å². The van der Waals surface area contributed by atoms with Gasteiger partial charge in [0, 0.05) is 4.87 Å². The molecule has 0 spiro atoms. The van der Waals surface area contributed by atoms with Crippen LogP contribution in [-0.4, -0.2) is 4.87 Å². The molecule has 0 bridgehead atoms. The summed E-state index contributed by atoms with van der Waals surface area (Å²) in [6, 6.07) is 0.